The Labute approximate surface area is 215 Å². The summed E-state index contributed by atoms with van der Waals surface area (Å²) in [7, 11) is -3.65. The second-order valence-corrected chi connectivity index (χ2v) is 11.3. The molecule has 192 valence electrons. The Kier molecular flexibility index (Phi) is 6.31. The number of allylic oxidation sites excluding steroid dienone is 1. The molecule has 0 N–H and O–H groups in total. The second-order valence-electron chi connectivity index (χ2n) is 9.32. The number of ether oxygens (including phenoxy) is 1. The van der Waals surface area contributed by atoms with Crippen molar-refractivity contribution in [1.82, 2.24) is 9.31 Å². The van der Waals surface area contributed by atoms with Crippen LogP contribution in [-0.4, -0.2) is 55.7 Å². The molecule has 2 aliphatic heterocycles. The lowest BCUT2D eigenvalue weighted by Crippen LogP contribution is -2.40. The fraction of sp³-hybridized carbons (Fsp3) is 0.333. The van der Waals surface area contributed by atoms with Gasteiger partial charge in [-0.15, -0.1) is 0 Å². The van der Waals surface area contributed by atoms with E-state index >= 15 is 0 Å². The Bertz CT molecular complexity index is 1420. The summed E-state index contributed by atoms with van der Waals surface area (Å²) in [5, 5.41) is 6.31. The highest BCUT2D eigenvalue weighted by Gasteiger charge is 2.45. The standard InChI is InChI=1S/C27H27N3O6S/c31-27(19-8-10-22(11-9-19)37(32,33)29-12-16-34-17-13-29)30-26(24-7-3-15-36-24)23-6-1-4-20(25(23)28-30)18-21-5-2-14-35-21/h2-3,5,7-11,14-15,18,23,26H,1,4,6,12-13,16-17H2/b20-18-. The zero-order valence-electron chi connectivity index (χ0n) is 20.2. The molecule has 1 amide bonds. The third-order valence-electron chi connectivity index (χ3n) is 7.11. The topological polar surface area (TPSA) is 106 Å². The van der Waals surface area contributed by atoms with Gasteiger partial charge in [0.15, 0.2) is 0 Å². The minimum Gasteiger partial charge on any atom is -0.467 e. The van der Waals surface area contributed by atoms with Gasteiger partial charge in [0, 0.05) is 24.6 Å². The molecule has 1 saturated carbocycles. The molecule has 3 aromatic rings. The maximum absolute atomic E-state index is 13.7. The Hall–Kier alpha value is -3.47. The van der Waals surface area contributed by atoms with E-state index in [2.05, 4.69) is 0 Å². The Morgan fingerprint density at radius 3 is 2.46 bits per heavy atom. The number of carbonyl (C=O) groups is 1. The minimum atomic E-state index is -3.65. The van der Waals surface area contributed by atoms with Gasteiger partial charge in [0.05, 0.1) is 36.3 Å². The number of hydrazone groups is 1. The number of nitrogens with zero attached hydrogens (tertiary/aromatic N) is 3. The monoisotopic (exact) mass is 521 g/mol. The van der Waals surface area contributed by atoms with Gasteiger partial charge in [-0.25, -0.2) is 13.4 Å². The van der Waals surface area contributed by atoms with Crippen molar-refractivity contribution in [3.05, 3.63) is 83.7 Å². The molecule has 2 atom stereocenters. The number of fused-ring (bicyclic) bond motifs is 1. The number of morpholine rings is 1. The van der Waals surface area contributed by atoms with Crippen LogP contribution in [0.5, 0.6) is 0 Å². The molecule has 1 aliphatic carbocycles. The van der Waals surface area contributed by atoms with E-state index in [1.54, 1.807) is 24.7 Å². The quantitative estimate of drug-likeness (QED) is 0.495. The minimum absolute atomic E-state index is 0.00830. The Morgan fingerprint density at radius 1 is 1.00 bits per heavy atom. The van der Waals surface area contributed by atoms with E-state index in [9.17, 15) is 13.2 Å². The van der Waals surface area contributed by atoms with Crippen LogP contribution in [-0.2, 0) is 14.8 Å². The number of benzene rings is 1. The van der Waals surface area contributed by atoms with E-state index < -0.39 is 10.0 Å². The maximum atomic E-state index is 13.7. The zero-order valence-corrected chi connectivity index (χ0v) is 21.0. The van der Waals surface area contributed by atoms with E-state index in [0.29, 0.717) is 37.6 Å². The van der Waals surface area contributed by atoms with Crippen molar-refractivity contribution in [2.24, 2.45) is 11.0 Å². The highest BCUT2D eigenvalue weighted by atomic mass is 32.2. The normalized spacial score (nSPS) is 23.7. The SMILES string of the molecule is O=C(c1ccc(S(=O)(=O)N2CCOCC2)cc1)N1N=C2/C(=C\c3ccco3)CCCC2C1c1ccco1. The second kappa shape index (κ2) is 9.77. The van der Waals surface area contributed by atoms with E-state index in [1.165, 1.54) is 21.4 Å². The smallest absolute Gasteiger partial charge is 0.274 e. The van der Waals surface area contributed by atoms with Crippen molar-refractivity contribution in [1.29, 1.82) is 0 Å². The summed E-state index contributed by atoms with van der Waals surface area (Å²) in [6.07, 6.45) is 7.90. The lowest BCUT2D eigenvalue weighted by molar-refractivity contribution is 0.0656. The first kappa shape index (κ1) is 23.9. The van der Waals surface area contributed by atoms with Crippen LogP contribution >= 0.6 is 0 Å². The number of hydrogen-bond acceptors (Lipinski definition) is 7. The molecule has 2 fully saturated rings. The van der Waals surface area contributed by atoms with Crippen molar-refractivity contribution < 1.29 is 26.8 Å². The average Bonchev–Trinajstić information content (AvgIpc) is 3.70. The molecule has 0 bridgehead atoms. The number of rotatable bonds is 5. The van der Waals surface area contributed by atoms with Crippen molar-refractivity contribution in [3.63, 3.8) is 0 Å². The van der Waals surface area contributed by atoms with Crippen LogP contribution in [0.2, 0.25) is 0 Å². The molecule has 6 rings (SSSR count). The van der Waals surface area contributed by atoms with Crippen molar-refractivity contribution in [2.75, 3.05) is 26.3 Å². The molecule has 1 saturated heterocycles. The molecule has 2 aromatic heterocycles. The molecular weight excluding hydrogens is 494 g/mol. The number of sulfonamides is 1. The van der Waals surface area contributed by atoms with Gasteiger partial charge < -0.3 is 13.6 Å². The number of amides is 1. The molecule has 10 heteroatoms. The Morgan fingerprint density at radius 2 is 1.76 bits per heavy atom. The summed E-state index contributed by atoms with van der Waals surface area (Å²) in [6, 6.07) is 13.1. The van der Waals surface area contributed by atoms with E-state index in [-0.39, 0.29) is 22.8 Å². The van der Waals surface area contributed by atoms with Gasteiger partial charge in [-0.2, -0.15) is 9.41 Å². The van der Waals surface area contributed by atoms with E-state index in [0.717, 1.165) is 36.3 Å². The fourth-order valence-electron chi connectivity index (χ4n) is 5.29. The van der Waals surface area contributed by atoms with Gasteiger partial charge in [-0.1, -0.05) is 0 Å². The van der Waals surface area contributed by atoms with Crippen LogP contribution < -0.4 is 0 Å². The highest BCUT2D eigenvalue weighted by Crippen LogP contribution is 2.45. The number of furan rings is 2. The van der Waals surface area contributed by atoms with Crippen molar-refractivity contribution in [2.45, 2.75) is 30.2 Å². The third-order valence-corrected chi connectivity index (χ3v) is 9.03. The van der Waals surface area contributed by atoms with Crippen LogP contribution in [0.3, 0.4) is 0 Å². The van der Waals surface area contributed by atoms with Crippen LogP contribution in [0.15, 0.2) is 85.5 Å². The van der Waals surface area contributed by atoms with Gasteiger partial charge in [-0.05, 0) is 79.4 Å². The van der Waals surface area contributed by atoms with Crippen LogP contribution in [0.4, 0.5) is 0 Å². The lowest BCUT2D eigenvalue weighted by Gasteiger charge is -2.28. The molecule has 1 aromatic carbocycles. The fourth-order valence-corrected chi connectivity index (χ4v) is 6.70. The first-order chi connectivity index (χ1) is 18.0. The summed E-state index contributed by atoms with van der Waals surface area (Å²) in [4.78, 5) is 13.9. The molecule has 4 heterocycles. The number of carbonyl (C=O) groups excluding carboxylic acids is 1. The van der Waals surface area contributed by atoms with Crippen molar-refractivity contribution >= 4 is 27.7 Å². The van der Waals surface area contributed by atoms with Gasteiger partial charge in [0.25, 0.3) is 5.91 Å². The van der Waals surface area contributed by atoms with Gasteiger partial charge in [0.2, 0.25) is 10.0 Å². The third kappa shape index (κ3) is 4.45. The van der Waals surface area contributed by atoms with E-state index in [1.807, 2.05) is 30.3 Å². The Balaban J connectivity index is 1.32. The van der Waals surface area contributed by atoms with Crippen LogP contribution in [0.25, 0.3) is 6.08 Å². The van der Waals surface area contributed by atoms with Gasteiger partial charge in [0.1, 0.15) is 17.6 Å². The summed E-state index contributed by atoms with van der Waals surface area (Å²) in [5.41, 5.74) is 2.27. The van der Waals surface area contributed by atoms with Gasteiger partial charge in [-0.3, -0.25) is 4.79 Å². The number of hydrogen-bond donors (Lipinski definition) is 0. The van der Waals surface area contributed by atoms with E-state index in [4.69, 9.17) is 18.7 Å². The average molecular weight is 522 g/mol. The summed E-state index contributed by atoms with van der Waals surface area (Å²) in [5.74, 6) is 1.10. The first-order valence-corrected chi connectivity index (χ1v) is 13.8. The van der Waals surface area contributed by atoms with Crippen LogP contribution in [0, 0.1) is 5.92 Å². The molecular formula is C27H27N3O6S. The molecule has 0 radical (unpaired) electrons. The summed E-state index contributed by atoms with van der Waals surface area (Å²) >= 11 is 0. The summed E-state index contributed by atoms with van der Waals surface area (Å²) < 4.78 is 43.9. The summed E-state index contributed by atoms with van der Waals surface area (Å²) in [6.45, 7) is 1.37. The largest absolute Gasteiger partial charge is 0.467 e. The maximum Gasteiger partial charge on any atom is 0.274 e. The molecule has 3 aliphatic rings. The lowest BCUT2D eigenvalue weighted by atomic mass is 9.79. The van der Waals surface area contributed by atoms with Crippen LogP contribution in [0.1, 0.15) is 47.2 Å². The van der Waals surface area contributed by atoms with Crippen molar-refractivity contribution in [3.8, 4) is 0 Å². The zero-order chi connectivity index (χ0) is 25.4. The molecule has 0 spiro atoms. The first-order valence-electron chi connectivity index (χ1n) is 12.4. The van der Waals surface area contributed by atoms with Gasteiger partial charge >= 0.3 is 0 Å². The predicted molar refractivity (Wildman–Crippen MR) is 135 cm³/mol. The molecule has 2 unspecified atom stereocenters. The predicted octanol–water partition coefficient (Wildman–Crippen LogP) is 4.33. The molecule has 9 nitrogen and oxygen atoms in total. The molecule has 37 heavy (non-hydrogen) atoms. The highest BCUT2D eigenvalue weighted by molar-refractivity contribution is 7.89.